The Morgan fingerprint density at radius 3 is 2.36 bits per heavy atom. The SMILES string of the molecule is Cc1cc(C[C@@H](OC(=O)N2CCC(N3CCc4ccccc4NC3=O)CC2)C(=O)N2CCC(N3CCC(C)(C)CC3)CC2)cc2ncn(C)c12. The Hall–Kier alpha value is -4.12. The van der Waals surface area contributed by atoms with Crippen LogP contribution in [-0.2, 0) is 29.4 Å². The fraction of sp³-hybridized carbons (Fsp3) is 0.590. The Kier molecular flexibility index (Phi) is 9.78. The molecule has 1 N–H and O–H groups in total. The van der Waals surface area contributed by atoms with Gasteiger partial charge >= 0.3 is 12.1 Å². The molecule has 1 atom stereocenters. The van der Waals surface area contributed by atoms with E-state index in [0.29, 0.717) is 63.4 Å². The van der Waals surface area contributed by atoms with Crippen LogP contribution < -0.4 is 5.32 Å². The van der Waals surface area contributed by atoms with Gasteiger partial charge in [-0.3, -0.25) is 4.79 Å². The number of likely N-dealkylation sites (tertiary alicyclic amines) is 3. The summed E-state index contributed by atoms with van der Waals surface area (Å²) in [4.78, 5) is 53.8. The molecule has 0 unspecified atom stereocenters. The molecule has 11 heteroatoms. The molecule has 5 heterocycles. The lowest BCUT2D eigenvalue weighted by Gasteiger charge is -2.44. The fourth-order valence-electron chi connectivity index (χ4n) is 8.55. The zero-order chi connectivity index (χ0) is 35.0. The highest BCUT2D eigenvalue weighted by Gasteiger charge is 2.37. The molecule has 3 fully saturated rings. The summed E-state index contributed by atoms with van der Waals surface area (Å²) in [5.74, 6) is -0.119. The molecule has 0 spiro atoms. The quantitative estimate of drug-likeness (QED) is 0.363. The average molecular weight is 684 g/mol. The molecule has 2 aromatic carbocycles. The van der Waals surface area contributed by atoms with E-state index in [1.807, 2.05) is 45.7 Å². The minimum absolute atomic E-state index is 0.0335. The van der Waals surface area contributed by atoms with Crippen molar-refractivity contribution in [2.75, 3.05) is 51.1 Å². The third-order valence-electron chi connectivity index (χ3n) is 11.8. The van der Waals surface area contributed by atoms with E-state index in [1.165, 1.54) is 12.8 Å². The molecular weight excluding hydrogens is 630 g/mol. The smallest absolute Gasteiger partial charge is 0.410 e. The zero-order valence-electron chi connectivity index (χ0n) is 30.2. The van der Waals surface area contributed by atoms with Crippen LogP contribution in [0.15, 0.2) is 42.7 Å². The molecule has 3 saturated heterocycles. The number of carbonyl (C=O) groups is 3. The second kappa shape index (κ2) is 14.2. The van der Waals surface area contributed by atoms with Gasteiger partial charge in [0, 0.05) is 64.0 Å². The largest absolute Gasteiger partial charge is 0.436 e. The van der Waals surface area contributed by atoms with Crippen LogP contribution in [-0.4, -0.2) is 111 Å². The molecule has 1 aromatic heterocycles. The Morgan fingerprint density at radius 1 is 0.940 bits per heavy atom. The summed E-state index contributed by atoms with van der Waals surface area (Å²) < 4.78 is 8.17. The Bertz CT molecular complexity index is 1710. The summed E-state index contributed by atoms with van der Waals surface area (Å²) in [7, 11) is 1.98. The number of anilines is 1. The standard InChI is InChI=1S/C39H53N7O4/c1-27-23-28(24-33-35(27)42(4)26-40-33)25-34(36(47)44-16-10-30(11-17-44)43-21-14-39(2,3)15-22-43)50-38(49)45-18-12-31(13-19-45)46-20-9-29-7-5-6-8-32(29)41-37(46)48/h5-8,23-24,26,30-31,34H,9-22,25H2,1-4H3,(H,41,48)/t34-/m1/s1. The first-order valence-corrected chi connectivity index (χ1v) is 18.6. The number of fused-ring (bicyclic) bond motifs is 2. The first kappa shape index (κ1) is 34.3. The number of amides is 4. The molecule has 0 radical (unpaired) electrons. The van der Waals surface area contributed by atoms with E-state index in [0.717, 1.165) is 65.8 Å². The summed E-state index contributed by atoms with van der Waals surface area (Å²) in [5.41, 5.74) is 6.34. The number of imidazole rings is 1. The molecule has 0 saturated carbocycles. The summed E-state index contributed by atoms with van der Waals surface area (Å²) in [6.07, 6.45) is 7.11. The zero-order valence-corrected chi connectivity index (χ0v) is 30.2. The number of piperidine rings is 3. The van der Waals surface area contributed by atoms with Crippen LogP contribution in [0, 0.1) is 12.3 Å². The molecule has 0 bridgehead atoms. The molecule has 50 heavy (non-hydrogen) atoms. The highest BCUT2D eigenvalue weighted by molar-refractivity contribution is 5.91. The number of aryl methyl sites for hydroxylation is 2. The monoisotopic (exact) mass is 683 g/mol. The van der Waals surface area contributed by atoms with Crippen molar-refractivity contribution in [1.82, 2.24) is 29.2 Å². The van der Waals surface area contributed by atoms with Gasteiger partial charge in [-0.2, -0.15) is 0 Å². The molecule has 4 aliphatic rings. The maximum absolute atomic E-state index is 14.2. The van der Waals surface area contributed by atoms with Crippen molar-refractivity contribution < 1.29 is 19.1 Å². The van der Waals surface area contributed by atoms with Gasteiger partial charge in [-0.15, -0.1) is 0 Å². The second-order valence-electron chi connectivity index (χ2n) is 15.7. The minimum atomic E-state index is -0.928. The number of aromatic nitrogens is 2. The van der Waals surface area contributed by atoms with E-state index in [2.05, 4.69) is 48.1 Å². The molecule has 4 amide bonds. The van der Waals surface area contributed by atoms with Crippen LogP contribution in [0.2, 0.25) is 0 Å². The van der Waals surface area contributed by atoms with E-state index in [9.17, 15) is 14.4 Å². The van der Waals surface area contributed by atoms with Gasteiger partial charge in [0.15, 0.2) is 6.10 Å². The number of hydrogen-bond donors (Lipinski definition) is 1. The summed E-state index contributed by atoms with van der Waals surface area (Å²) >= 11 is 0. The van der Waals surface area contributed by atoms with Crippen LogP contribution in [0.4, 0.5) is 15.3 Å². The lowest BCUT2D eigenvalue weighted by Crippen LogP contribution is -2.53. The number of hydrogen-bond acceptors (Lipinski definition) is 6. The predicted molar refractivity (Wildman–Crippen MR) is 194 cm³/mol. The third-order valence-corrected chi connectivity index (χ3v) is 11.8. The number of nitrogens with zero attached hydrogens (tertiary/aromatic N) is 6. The number of ether oxygens (including phenoxy) is 1. The number of benzene rings is 2. The highest BCUT2D eigenvalue weighted by Crippen LogP contribution is 2.33. The first-order valence-electron chi connectivity index (χ1n) is 18.6. The fourth-order valence-corrected chi connectivity index (χ4v) is 8.55. The van der Waals surface area contributed by atoms with E-state index in [1.54, 1.807) is 11.2 Å². The summed E-state index contributed by atoms with van der Waals surface area (Å²) in [6, 6.07) is 12.5. The van der Waals surface area contributed by atoms with Crippen molar-refractivity contribution >= 4 is 34.8 Å². The Labute approximate surface area is 295 Å². The van der Waals surface area contributed by atoms with E-state index in [-0.39, 0.29) is 18.0 Å². The lowest BCUT2D eigenvalue weighted by atomic mass is 9.82. The molecule has 7 rings (SSSR count). The van der Waals surface area contributed by atoms with E-state index >= 15 is 0 Å². The van der Waals surface area contributed by atoms with Gasteiger partial charge in [-0.05, 0) is 99.2 Å². The van der Waals surface area contributed by atoms with Crippen molar-refractivity contribution in [3.63, 3.8) is 0 Å². The Balaban J connectivity index is 1.00. The summed E-state index contributed by atoms with van der Waals surface area (Å²) in [6.45, 7) is 11.9. The maximum Gasteiger partial charge on any atom is 0.410 e. The lowest BCUT2D eigenvalue weighted by molar-refractivity contribution is -0.142. The average Bonchev–Trinajstić information content (AvgIpc) is 3.40. The molecule has 11 nitrogen and oxygen atoms in total. The number of carbonyl (C=O) groups excluding carboxylic acids is 3. The van der Waals surface area contributed by atoms with Crippen LogP contribution in [0.3, 0.4) is 0 Å². The number of para-hydroxylation sites is 1. The number of urea groups is 1. The number of nitrogens with one attached hydrogen (secondary N) is 1. The van der Waals surface area contributed by atoms with Gasteiger partial charge in [-0.1, -0.05) is 38.1 Å². The second-order valence-corrected chi connectivity index (χ2v) is 15.7. The maximum atomic E-state index is 14.2. The van der Waals surface area contributed by atoms with Crippen molar-refractivity contribution in [2.24, 2.45) is 12.5 Å². The topological polar surface area (TPSA) is 103 Å². The van der Waals surface area contributed by atoms with Gasteiger partial charge in [-0.25, -0.2) is 14.6 Å². The van der Waals surface area contributed by atoms with Crippen molar-refractivity contribution in [1.29, 1.82) is 0 Å². The third kappa shape index (κ3) is 7.33. The minimum Gasteiger partial charge on any atom is -0.436 e. The van der Waals surface area contributed by atoms with Gasteiger partial charge < -0.3 is 34.2 Å². The normalized spacial score (nSPS) is 21.4. The number of rotatable bonds is 6. The molecular formula is C39H53N7O4. The van der Waals surface area contributed by atoms with Crippen LogP contribution in [0.1, 0.15) is 69.1 Å². The molecule has 0 aliphatic carbocycles. The van der Waals surface area contributed by atoms with Crippen LogP contribution >= 0.6 is 0 Å². The highest BCUT2D eigenvalue weighted by atomic mass is 16.6. The van der Waals surface area contributed by atoms with Crippen LogP contribution in [0.25, 0.3) is 11.0 Å². The van der Waals surface area contributed by atoms with Gasteiger partial charge in [0.05, 0.1) is 17.4 Å². The molecule has 3 aromatic rings. The molecule has 4 aliphatic heterocycles. The van der Waals surface area contributed by atoms with Crippen molar-refractivity contribution in [2.45, 2.75) is 90.3 Å². The van der Waals surface area contributed by atoms with Crippen molar-refractivity contribution in [3.05, 3.63) is 59.4 Å². The van der Waals surface area contributed by atoms with Gasteiger partial charge in [0.25, 0.3) is 5.91 Å². The molecule has 268 valence electrons. The first-order chi connectivity index (χ1) is 24.0. The van der Waals surface area contributed by atoms with Gasteiger partial charge in [0.2, 0.25) is 0 Å². The Morgan fingerprint density at radius 2 is 1.62 bits per heavy atom. The van der Waals surface area contributed by atoms with Crippen LogP contribution in [0.5, 0.6) is 0 Å². The van der Waals surface area contributed by atoms with Crippen molar-refractivity contribution in [3.8, 4) is 0 Å². The summed E-state index contributed by atoms with van der Waals surface area (Å²) in [5, 5.41) is 3.07. The predicted octanol–water partition coefficient (Wildman–Crippen LogP) is 5.60. The van der Waals surface area contributed by atoms with Gasteiger partial charge in [0.1, 0.15) is 0 Å². The van der Waals surface area contributed by atoms with E-state index < -0.39 is 12.2 Å². The van der Waals surface area contributed by atoms with E-state index in [4.69, 9.17) is 4.74 Å².